The van der Waals surface area contributed by atoms with Gasteiger partial charge in [0.15, 0.2) is 5.82 Å². The molecule has 0 spiro atoms. The Morgan fingerprint density at radius 3 is 3.00 bits per heavy atom. The van der Waals surface area contributed by atoms with Crippen molar-refractivity contribution in [1.82, 2.24) is 30.9 Å². The lowest BCUT2D eigenvalue weighted by Crippen LogP contribution is -2.47. The lowest BCUT2D eigenvalue weighted by atomic mass is 9.79. The van der Waals surface area contributed by atoms with Gasteiger partial charge in [-0.25, -0.2) is 15.1 Å². The van der Waals surface area contributed by atoms with E-state index in [0.29, 0.717) is 31.6 Å². The van der Waals surface area contributed by atoms with E-state index in [1.54, 1.807) is 29.3 Å². The van der Waals surface area contributed by atoms with Gasteiger partial charge in [0, 0.05) is 60.4 Å². The number of nitrogens with one attached hydrogen (secondary N) is 3. The van der Waals surface area contributed by atoms with Crippen molar-refractivity contribution in [3.63, 3.8) is 0 Å². The van der Waals surface area contributed by atoms with Gasteiger partial charge in [0.1, 0.15) is 6.04 Å². The summed E-state index contributed by atoms with van der Waals surface area (Å²) in [4.78, 5) is 28.0. The van der Waals surface area contributed by atoms with Gasteiger partial charge >= 0.3 is 0 Å². The van der Waals surface area contributed by atoms with Crippen molar-refractivity contribution in [2.45, 2.75) is 43.9 Å². The first-order valence-corrected chi connectivity index (χ1v) is 8.99. The molecule has 3 N–H and O–H groups in total. The van der Waals surface area contributed by atoms with E-state index in [0.717, 1.165) is 5.56 Å². The van der Waals surface area contributed by atoms with Crippen LogP contribution >= 0.6 is 0 Å². The Labute approximate surface area is 155 Å². The fraction of sp³-hybridized carbons (Fsp3) is 0.471. The molecule has 1 aliphatic heterocycles. The van der Waals surface area contributed by atoms with Crippen molar-refractivity contribution in [1.29, 1.82) is 0 Å². The number of nitro groups is 1. The summed E-state index contributed by atoms with van der Waals surface area (Å²) in [6.45, 7) is 0.302. The van der Waals surface area contributed by atoms with Crippen LogP contribution in [0.1, 0.15) is 24.8 Å². The molecule has 2 aliphatic rings. The Morgan fingerprint density at radius 2 is 2.22 bits per heavy atom. The van der Waals surface area contributed by atoms with Gasteiger partial charge in [0.2, 0.25) is 11.9 Å². The molecule has 1 aliphatic carbocycles. The topological polar surface area (TPSA) is 127 Å². The summed E-state index contributed by atoms with van der Waals surface area (Å²) in [7, 11) is 0. The van der Waals surface area contributed by atoms with Gasteiger partial charge < -0.3 is 5.32 Å². The smallest absolute Gasteiger partial charge is 0.239 e. The minimum absolute atomic E-state index is 0.0892. The maximum Gasteiger partial charge on any atom is 0.239 e. The van der Waals surface area contributed by atoms with Crippen LogP contribution in [0.25, 0.3) is 5.82 Å². The van der Waals surface area contributed by atoms with Gasteiger partial charge in [-0.3, -0.25) is 20.3 Å². The second-order valence-electron chi connectivity index (χ2n) is 6.94. The van der Waals surface area contributed by atoms with Gasteiger partial charge in [-0.05, 0) is 18.6 Å². The van der Waals surface area contributed by atoms with E-state index in [2.05, 4.69) is 26.3 Å². The third-order valence-corrected chi connectivity index (χ3v) is 5.35. The predicted molar refractivity (Wildman–Crippen MR) is 95.2 cm³/mol. The number of hydrogen-bond acceptors (Lipinski definition) is 7. The highest BCUT2D eigenvalue weighted by Crippen LogP contribution is 2.31. The number of pyridine rings is 1. The van der Waals surface area contributed by atoms with Gasteiger partial charge in [0.25, 0.3) is 0 Å². The van der Waals surface area contributed by atoms with Crippen LogP contribution in [-0.4, -0.2) is 43.7 Å². The molecule has 1 saturated carbocycles. The monoisotopic (exact) mass is 371 g/mol. The highest BCUT2D eigenvalue weighted by molar-refractivity contribution is 5.82. The van der Waals surface area contributed by atoms with E-state index in [-0.39, 0.29) is 22.8 Å². The third-order valence-electron chi connectivity index (χ3n) is 5.35. The van der Waals surface area contributed by atoms with Crippen molar-refractivity contribution < 1.29 is 9.72 Å². The number of nitrogens with zero attached hydrogens (tertiary/aromatic N) is 4. The van der Waals surface area contributed by atoms with Gasteiger partial charge in [-0.15, -0.1) is 0 Å². The van der Waals surface area contributed by atoms with Crippen LogP contribution in [0.4, 0.5) is 0 Å². The molecule has 2 fully saturated rings. The second-order valence-corrected chi connectivity index (χ2v) is 6.94. The SMILES string of the molecule is O=C(NCc1cccnc1-n1cccn1)C1NNC2CCC([N+](=O)[O-])CC21. The van der Waals surface area contributed by atoms with Crippen molar-refractivity contribution in [2.75, 3.05) is 0 Å². The molecule has 10 nitrogen and oxygen atoms in total. The van der Waals surface area contributed by atoms with Crippen LogP contribution in [0.2, 0.25) is 0 Å². The number of aromatic nitrogens is 3. The molecule has 0 bridgehead atoms. The number of hydrazine groups is 1. The van der Waals surface area contributed by atoms with Crippen LogP contribution in [0.15, 0.2) is 36.8 Å². The van der Waals surface area contributed by atoms with Crippen molar-refractivity contribution >= 4 is 5.91 Å². The van der Waals surface area contributed by atoms with Gasteiger partial charge in [-0.2, -0.15) is 5.10 Å². The second kappa shape index (κ2) is 7.41. The van der Waals surface area contributed by atoms with E-state index in [1.807, 2.05) is 12.1 Å². The molecular weight excluding hydrogens is 350 g/mol. The Bertz CT molecular complexity index is 826. The lowest BCUT2D eigenvalue weighted by Gasteiger charge is -2.28. The predicted octanol–water partition coefficient (Wildman–Crippen LogP) is 0.174. The number of hydrogen-bond donors (Lipinski definition) is 3. The third kappa shape index (κ3) is 3.53. The van der Waals surface area contributed by atoms with Crippen LogP contribution < -0.4 is 16.2 Å². The highest BCUT2D eigenvalue weighted by Gasteiger charge is 2.46. The molecule has 1 amide bonds. The van der Waals surface area contributed by atoms with Crippen LogP contribution in [0.5, 0.6) is 0 Å². The minimum atomic E-state index is -0.576. The molecule has 1 saturated heterocycles. The Hall–Kier alpha value is -2.85. The Morgan fingerprint density at radius 1 is 1.33 bits per heavy atom. The maximum atomic E-state index is 12.7. The number of rotatable bonds is 5. The van der Waals surface area contributed by atoms with E-state index < -0.39 is 12.1 Å². The van der Waals surface area contributed by atoms with Gasteiger partial charge in [0.05, 0.1) is 0 Å². The molecule has 10 heteroatoms. The summed E-state index contributed by atoms with van der Waals surface area (Å²) in [6.07, 6.45) is 6.77. The number of fused-ring (bicyclic) bond motifs is 1. The number of amides is 1. The van der Waals surface area contributed by atoms with E-state index in [1.165, 1.54) is 0 Å². The van der Waals surface area contributed by atoms with Crippen LogP contribution in [0.3, 0.4) is 0 Å². The molecule has 2 aromatic rings. The molecule has 0 radical (unpaired) electrons. The van der Waals surface area contributed by atoms with Crippen molar-refractivity contribution in [2.24, 2.45) is 5.92 Å². The normalized spacial score (nSPS) is 27.1. The largest absolute Gasteiger partial charge is 0.350 e. The number of carbonyl (C=O) groups is 1. The zero-order valence-electron chi connectivity index (χ0n) is 14.6. The zero-order chi connectivity index (χ0) is 18.8. The summed E-state index contributed by atoms with van der Waals surface area (Å²) in [5.74, 6) is 0.396. The molecule has 4 rings (SSSR count). The number of carbonyl (C=O) groups excluding carboxylic acids is 1. The maximum absolute atomic E-state index is 12.7. The summed E-state index contributed by atoms with van der Waals surface area (Å²) in [5, 5.41) is 18.2. The quantitative estimate of drug-likeness (QED) is 0.505. The molecule has 4 unspecified atom stereocenters. The first kappa shape index (κ1) is 17.6. The highest BCUT2D eigenvalue weighted by atomic mass is 16.6. The molecule has 0 aromatic carbocycles. The average molecular weight is 371 g/mol. The molecule has 27 heavy (non-hydrogen) atoms. The Kier molecular flexibility index (Phi) is 4.82. The zero-order valence-corrected chi connectivity index (χ0v) is 14.6. The summed E-state index contributed by atoms with van der Waals surface area (Å²) in [5.41, 5.74) is 6.98. The summed E-state index contributed by atoms with van der Waals surface area (Å²) in [6, 6.07) is 4.53. The summed E-state index contributed by atoms with van der Waals surface area (Å²) < 4.78 is 1.65. The van der Waals surface area contributed by atoms with Crippen LogP contribution in [-0.2, 0) is 11.3 Å². The van der Waals surface area contributed by atoms with Crippen LogP contribution in [0, 0.1) is 16.0 Å². The molecule has 142 valence electrons. The molecule has 4 atom stereocenters. The van der Waals surface area contributed by atoms with Crippen molar-refractivity contribution in [3.8, 4) is 5.82 Å². The standard InChI is InChI=1S/C17H21N7O3/c25-17(15-13-9-12(24(26)27)4-5-14(13)21-22-15)19-10-11-3-1-6-18-16(11)23-8-2-7-20-23/h1-3,6-8,12-15,21-22H,4-5,9-10H2,(H,19,25). The van der Waals surface area contributed by atoms with Gasteiger partial charge in [-0.1, -0.05) is 6.07 Å². The van der Waals surface area contributed by atoms with E-state index in [4.69, 9.17) is 0 Å². The van der Waals surface area contributed by atoms with Crippen molar-refractivity contribution in [3.05, 3.63) is 52.5 Å². The molecular formula is C17H21N7O3. The summed E-state index contributed by atoms with van der Waals surface area (Å²) >= 11 is 0. The van der Waals surface area contributed by atoms with E-state index >= 15 is 0 Å². The fourth-order valence-electron chi connectivity index (χ4n) is 3.95. The first-order chi connectivity index (χ1) is 13.1. The Balaban J connectivity index is 1.42. The average Bonchev–Trinajstić information content (AvgIpc) is 3.35. The minimum Gasteiger partial charge on any atom is -0.350 e. The van der Waals surface area contributed by atoms with E-state index in [9.17, 15) is 14.9 Å². The first-order valence-electron chi connectivity index (χ1n) is 8.99. The lowest BCUT2D eigenvalue weighted by molar-refractivity contribution is -0.528. The molecule has 3 heterocycles. The molecule has 2 aromatic heterocycles. The fourth-order valence-corrected chi connectivity index (χ4v) is 3.95.